The van der Waals surface area contributed by atoms with E-state index < -0.39 is 0 Å². The number of aromatic nitrogens is 3. The predicted molar refractivity (Wildman–Crippen MR) is 226 cm³/mol. The van der Waals surface area contributed by atoms with E-state index >= 15 is 0 Å². The molecule has 11 aromatic rings. The van der Waals surface area contributed by atoms with Crippen molar-refractivity contribution in [2.75, 3.05) is 0 Å². The smallest absolute Gasteiger partial charge is 0.211 e. The number of nitrogens with zero attached hydrogens (tertiary/aromatic N) is 5. The highest BCUT2D eigenvalue weighted by Gasteiger charge is 2.20. The number of fused-ring (bicyclic) bond motifs is 9. The van der Waals surface area contributed by atoms with Crippen molar-refractivity contribution in [3.05, 3.63) is 193 Å². The number of nitriles is 1. The van der Waals surface area contributed by atoms with E-state index in [0.717, 1.165) is 82.8 Å². The van der Waals surface area contributed by atoms with Gasteiger partial charge in [-0.3, -0.25) is 0 Å². The summed E-state index contributed by atoms with van der Waals surface area (Å²) in [5, 5.41) is 17.4. The van der Waals surface area contributed by atoms with Gasteiger partial charge in [0.15, 0.2) is 0 Å². The lowest BCUT2D eigenvalue weighted by molar-refractivity contribution is 1.15. The fourth-order valence-corrected chi connectivity index (χ4v) is 8.79. The Balaban J connectivity index is 1.18. The number of hydrogen-bond acceptors (Lipinski definition) is 1. The number of rotatable bonds is 4. The molecule has 0 aliphatic heterocycles. The van der Waals surface area contributed by atoms with Gasteiger partial charge in [-0.25, -0.2) is 4.85 Å². The molecule has 55 heavy (non-hydrogen) atoms. The highest BCUT2D eigenvalue weighted by Crippen LogP contribution is 2.42. The van der Waals surface area contributed by atoms with Crippen LogP contribution in [0.5, 0.6) is 0 Å². The van der Waals surface area contributed by atoms with Crippen molar-refractivity contribution in [3.8, 4) is 34.3 Å². The Hall–Kier alpha value is -7.86. The van der Waals surface area contributed by atoms with Crippen LogP contribution in [0.15, 0.2) is 176 Å². The maximum atomic E-state index is 10.5. The molecule has 3 aromatic heterocycles. The molecule has 3 heterocycles. The fraction of sp³-hybridized carbons (Fsp3) is 0. The van der Waals surface area contributed by atoms with Crippen LogP contribution >= 0.6 is 0 Å². The first-order valence-corrected chi connectivity index (χ1v) is 18.3. The minimum atomic E-state index is 0.566. The first kappa shape index (κ1) is 30.7. The van der Waals surface area contributed by atoms with Gasteiger partial charge < -0.3 is 13.7 Å². The maximum Gasteiger partial charge on any atom is 0.211 e. The van der Waals surface area contributed by atoms with Gasteiger partial charge in [0.1, 0.15) is 0 Å². The number of hydrogen-bond donors (Lipinski definition) is 0. The van der Waals surface area contributed by atoms with Gasteiger partial charge in [0.2, 0.25) is 5.69 Å². The Labute approximate surface area is 316 Å². The summed E-state index contributed by atoms with van der Waals surface area (Å²) in [6, 6.07) is 63.6. The Morgan fingerprint density at radius 3 is 1.60 bits per heavy atom. The highest BCUT2D eigenvalue weighted by atomic mass is 15.0. The predicted octanol–water partition coefficient (Wildman–Crippen LogP) is 13.1. The van der Waals surface area contributed by atoms with Crippen LogP contribution in [0.3, 0.4) is 0 Å². The lowest BCUT2D eigenvalue weighted by atomic mass is 10.00. The molecular formula is C50H29N5. The molecule has 254 valence electrons. The fourth-order valence-electron chi connectivity index (χ4n) is 8.79. The van der Waals surface area contributed by atoms with Crippen molar-refractivity contribution in [3.63, 3.8) is 0 Å². The van der Waals surface area contributed by atoms with E-state index in [1.807, 2.05) is 48.5 Å². The minimum absolute atomic E-state index is 0.566. The molecule has 0 atom stereocenters. The van der Waals surface area contributed by atoms with Gasteiger partial charge in [-0.2, -0.15) is 5.26 Å². The van der Waals surface area contributed by atoms with Gasteiger partial charge in [0.05, 0.1) is 57.0 Å². The van der Waals surface area contributed by atoms with Crippen LogP contribution in [0.2, 0.25) is 0 Å². The monoisotopic (exact) mass is 699 g/mol. The van der Waals surface area contributed by atoms with Crippen LogP contribution in [0.25, 0.3) is 98.5 Å². The Morgan fingerprint density at radius 1 is 0.436 bits per heavy atom. The number of para-hydroxylation sites is 6. The van der Waals surface area contributed by atoms with Crippen molar-refractivity contribution in [1.82, 2.24) is 13.7 Å². The zero-order valence-corrected chi connectivity index (χ0v) is 29.5. The molecule has 0 unspecified atom stereocenters. The van der Waals surface area contributed by atoms with E-state index in [2.05, 4.69) is 152 Å². The maximum absolute atomic E-state index is 10.5. The second kappa shape index (κ2) is 11.8. The Bertz CT molecular complexity index is 3420. The summed E-state index contributed by atoms with van der Waals surface area (Å²) in [5.41, 5.74) is 12.3. The van der Waals surface area contributed by atoms with Crippen molar-refractivity contribution >= 4 is 71.1 Å². The van der Waals surface area contributed by atoms with Gasteiger partial charge in [-0.05, 0) is 71.6 Å². The molecule has 0 bridgehead atoms. The third kappa shape index (κ3) is 4.45. The molecule has 0 saturated carbocycles. The average molecular weight is 700 g/mol. The topological polar surface area (TPSA) is 42.9 Å². The van der Waals surface area contributed by atoms with E-state index in [0.29, 0.717) is 11.3 Å². The van der Waals surface area contributed by atoms with Crippen LogP contribution < -0.4 is 0 Å². The molecule has 0 amide bonds. The van der Waals surface area contributed by atoms with E-state index in [1.165, 1.54) is 10.8 Å². The zero-order chi connectivity index (χ0) is 36.6. The molecule has 0 aliphatic rings. The van der Waals surface area contributed by atoms with Crippen LogP contribution in [0.4, 0.5) is 5.69 Å². The summed E-state index contributed by atoms with van der Waals surface area (Å²) in [6.45, 7) is 8.08. The third-order valence-electron chi connectivity index (χ3n) is 11.1. The summed E-state index contributed by atoms with van der Waals surface area (Å²) < 4.78 is 6.86. The molecular weight excluding hydrogens is 671 g/mol. The van der Waals surface area contributed by atoms with E-state index in [-0.39, 0.29) is 0 Å². The molecule has 0 saturated heterocycles. The average Bonchev–Trinajstić information content (AvgIpc) is 3.89. The van der Waals surface area contributed by atoms with Crippen LogP contribution in [-0.2, 0) is 0 Å². The largest absolute Gasteiger partial charge is 0.318 e. The van der Waals surface area contributed by atoms with Crippen LogP contribution in [0, 0.1) is 17.9 Å². The molecule has 0 N–H and O–H groups in total. The summed E-state index contributed by atoms with van der Waals surface area (Å²) in [7, 11) is 0. The summed E-state index contributed by atoms with van der Waals surface area (Å²) >= 11 is 0. The highest BCUT2D eigenvalue weighted by molar-refractivity contribution is 6.14. The van der Waals surface area contributed by atoms with Crippen LogP contribution in [-0.4, -0.2) is 13.7 Å². The molecule has 0 spiro atoms. The quantitative estimate of drug-likeness (QED) is 0.169. The standard InChI is InChI=1S/C50H29N5/c1-52-43-19-12-18-42-40-17-6-11-24-48(40)55(50(42)43)44-20-7-2-13-36(44)33-27-32(31-51)28-35(29-33)54-47-23-10-5-16-39(47)41-26-25-34(30-49(41)54)53-45-21-8-3-14-37(45)38-15-4-9-22-46(38)53/h2-30H. The molecule has 11 rings (SSSR count). The SMILES string of the molecule is [C-]#[N+]c1cccc2c3ccccc3n(-c3ccccc3-c3cc(C#N)cc(-n4c5ccccc5c5ccc(-n6c7ccccc7c7ccccc76)cc54)c3)c12. The van der Waals surface area contributed by atoms with Crippen molar-refractivity contribution < 1.29 is 0 Å². The second-order valence-corrected chi connectivity index (χ2v) is 14.0. The summed E-state index contributed by atoms with van der Waals surface area (Å²) in [4.78, 5) is 3.96. The van der Waals surface area contributed by atoms with Gasteiger partial charge in [0, 0.05) is 43.9 Å². The van der Waals surface area contributed by atoms with Gasteiger partial charge >= 0.3 is 0 Å². The lowest BCUT2D eigenvalue weighted by Crippen LogP contribution is -2.00. The Kier molecular flexibility index (Phi) is 6.61. The molecule has 5 heteroatoms. The minimum Gasteiger partial charge on any atom is -0.318 e. The Morgan fingerprint density at radius 2 is 0.964 bits per heavy atom. The van der Waals surface area contributed by atoms with E-state index in [1.54, 1.807) is 0 Å². The first-order chi connectivity index (χ1) is 27.2. The molecule has 0 fully saturated rings. The molecule has 5 nitrogen and oxygen atoms in total. The summed E-state index contributed by atoms with van der Waals surface area (Å²) in [5.74, 6) is 0. The van der Waals surface area contributed by atoms with E-state index in [4.69, 9.17) is 6.57 Å². The second-order valence-electron chi connectivity index (χ2n) is 14.0. The normalized spacial score (nSPS) is 11.6. The van der Waals surface area contributed by atoms with Gasteiger partial charge in [0.25, 0.3) is 0 Å². The zero-order valence-electron chi connectivity index (χ0n) is 29.5. The van der Waals surface area contributed by atoms with Gasteiger partial charge in [-0.1, -0.05) is 115 Å². The summed E-state index contributed by atoms with van der Waals surface area (Å²) in [6.07, 6.45) is 0. The molecule has 0 aliphatic carbocycles. The number of benzene rings is 8. The molecule has 8 aromatic carbocycles. The van der Waals surface area contributed by atoms with Crippen LogP contribution in [0.1, 0.15) is 5.56 Å². The van der Waals surface area contributed by atoms with E-state index in [9.17, 15) is 5.26 Å². The van der Waals surface area contributed by atoms with Crippen molar-refractivity contribution in [2.45, 2.75) is 0 Å². The van der Waals surface area contributed by atoms with Gasteiger partial charge in [-0.15, -0.1) is 0 Å². The molecule has 0 radical (unpaired) electrons. The first-order valence-electron chi connectivity index (χ1n) is 18.3. The lowest BCUT2D eigenvalue weighted by Gasteiger charge is -2.17. The van der Waals surface area contributed by atoms with Crippen molar-refractivity contribution in [2.24, 2.45) is 0 Å². The third-order valence-corrected chi connectivity index (χ3v) is 11.1. The van der Waals surface area contributed by atoms with Crippen molar-refractivity contribution in [1.29, 1.82) is 5.26 Å².